The minimum atomic E-state index is -5.04. The molecule has 1 aromatic rings. The van der Waals surface area contributed by atoms with Gasteiger partial charge < -0.3 is 10.5 Å². The number of hydrogen-bond donors (Lipinski definition) is 1. The maximum Gasteiger partial charge on any atom is 0.418 e. The molecule has 0 saturated carbocycles. The molecule has 0 radical (unpaired) electrons. The summed E-state index contributed by atoms with van der Waals surface area (Å²) in [5, 5.41) is 0. The molecule has 0 spiro atoms. The van der Waals surface area contributed by atoms with Crippen LogP contribution < -0.4 is 5.73 Å². The van der Waals surface area contributed by atoms with Gasteiger partial charge in [0.25, 0.3) is 0 Å². The molecular weight excluding hydrogens is 304 g/mol. The van der Waals surface area contributed by atoms with Gasteiger partial charge in [-0.1, -0.05) is 0 Å². The number of hydrogen-bond acceptors (Lipinski definition) is 3. The Balaban J connectivity index is 3.57. The number of halogens is 6. The Hall–Kier alpha value is -1.93. The van der Waals surface area contributed by atoms with Crippen LogP contribution in [0.3, 0.4) is 0 Å². The van der Waals surface area contributed by atoms with Crippen LogP contribution in [0.1, 0.15) is 35.3 Å². The molecule has 3 nitrogen and oxygen atoms in total. The molecular formula is C12H11F6NO2. The van der Waals surface area contributed by atoms with Crippen molar-refractivity contribution in [3.8, 4) is 0 Å². The van der Waals surface area contributed by atoms with E-state index in [-0.39, 0.29) is 12.1 Å². The lowest BCUT2D eigenvalue weighted by Gasteiger charge is -2.19. The number of alkyl halides is 6. The van der Waals surface area contributed by atoms with Gasteiger partial charge in [0.1, 0.15) is 0 Å². The molecule has 2 N–H and O–H groups in total. The summed E-state index contributed by atoms with van der Waals surface area (Å²) in [5.74, 6) is -1.55. The maximum absolute atomic E-state index is 12.8. The van der Waals surface area contributed by atoms with Crippen LogP contribution in [0.15, 0.2) is 12.1 Å². The van der Waals surface area contributed by atoms with E-state index >= 15 is 0 Å². The van der Waals surface area contributed by atoms with Gasteiger partial charge >= 0.3 is 18.3 Å². The average molecular weight is 315 g/mol. The zero-order valence-electron chi connectivity index (χ0n) is 10.9. The first-order valence-electron chi connectivity index (χ1n) is 5.63. The molecule has 0 aliphatic rings. The largest absolute Gasteiger partial charge is 0.459 e. The molecule has 0 amide bonds. The maximum atomic E-state index is 12.8. The van der Waals surface area contributed by atoms with Crippen molar-refractivity contribution in [1.82, 2.24) is 0 Å². The summed E-state index contributed by atoms with van der Waals surface area (Å²) in [7, 11) is 0. The van der Waals surface area contributed by atoms with Crippen LogP contribution in [-0.2, 0) is 17.1 Å². The van der Waals surface area contributed by atoms with E-state index in [0.717, 1.165) is 0 Å². The molecule has 0 heterocycles. The van der Waals surface area contributed by atoms with Gasteiger partial charge in [-0.15, -0.1) is 0 Å². The molecule has 118 valence electrons. The summed E-state index contributed by atoms with van der Waals surface area (Å²) in [6.45, 7) is 2.68. The van der Waals surface area contributed by atoms with Crippen molar-refractivity contribution < 1.29 is 35.9 Å². The van der Waals surface area contributed by atoms with Crippen LogP contribution in [0.4, 0.5) is 32.0 Å². The number of benzene rings is 1. The van der Waals surface area contributed by atoms with E-state index in [2.05, 4.69) is 4.74 Å². The fourth-order valence-corrected chi connectivity index (χ4v) is 1.60. The van der Waals surface area contributed by atoms with Gasteiger partial charge in [0.2, 0.25) is 0 Å². The van der Waals surface area contributed by atoms with Gasteiger partial charge in [-0.3, -0.25) is 0 Å². The first-order chi connectivity index (χ1) is 9.35. The van der Waals surface area contributed by atoms with Gasteiger partial charge in [0.05, 0.1) is 28.5 Å². The normalized spacial score (nSPS) is 12.6. The summed E-state index contributed by atoms with van der Waals surface area (Å²) in [4.78, 5) is 11.7. The van der Waals surface area contributed by atoms with Crippen LogP contribution in [-0.4, -0.2) is 12.1 Å². The Morgan fingerprint density at radius 1 is 1.05 bits per heavy atom. The second-order valence-corrected chi connectivity index (χ2v) is 4.40. The predicted molar refractivity (Wildman–Crippen MR) is 61.4 cm³/mol. The van der Waals surface area contributed by atoms with Crippen molar-refractivity contribution in [1.29, 1.82) is 0 Å². The molecule has 0 unspecified atom stereocenters. The molecule has 0 aromatic heterocycles. The second-order valence-electron chi connectivity index (χ2n) is 4.40. The average Bonchev–Trinajstić information content (AvgIpc) is 2.23. The van der Waals surface area contributed by atoms with Gasteiger partial charge in [-0.25, -0.2) is 4.79 Å². The van der Waals surface area contributed by atoms with E-state index in [9.17, 15) is 31.1 Å². The first kappa shape index (κ1) is 17.1. The van der Waals surface area contributed by atoms with Crippen LogP contribution in [0.5, 0.6) is 0 Å². The smallest absolute Gasteiger partial charge is 0.418 e. The third kappa shape index (κ3) is 3.79. The highest BCUT2D eigenvalue weighted by molar-refractivity contribution is 5.98. The summed E-state index contributed by atoms with van der Waals surface area (Å²) in [6.07, 6.45) is -10.8. The molecule has 21 heavy (non-hydrogen) atoms. The van der Waals surface area contributed by atoms with Gasteiger partial charge in [0.15, 0.2) is 0 Å². The molecule has 9 heteroatoms. The number of carbonyl (C=O) groups excluding carboxylic acids is 1. The summed E-state index contributed by atoms with van der Waals surface area (Å²) < 4.78 is 81.0. The van der Waals surface area contributed by atoms with Crippen molar-refractivity contribution in [2.75, 3.05) is 5.73 Å². The SMILES string of the molecule is CC(C)OC(=O)c1c(C(F)(F)F)ccc(C(F)(F)F)c1N. The molecule has 0 saturated heterocycles. The number of nitrogen functional groups attached to an aromatic ring is 1. The number of rotatable bonds is 2. The van der Waals surface area contributed by atoms with Crippen molar-refractivity contribution in [3.05, 3.63) is 28.8 Å². The minimum Gasteiger partial charge on any atom is -0.459 e. The lowest BCUT2D eigenvalue weighted by Crippen LogP contribution is -2.22. The van der Waals surface area contributed by atoms with Crippen molar-refractivity contribution in [2.24, 2.45) is 0 Å². The molecule has 0 atom stereocenters. The fourth-order valence-electron chi connectivity index (χ4n) is 1.60. The van der Waals surface area contributed by atoms with Gasteiger partial charge in [-0.2, -0.15) is 26.3 Å². The van der Waals surface area contributed by atoms with Crippen molar-refractivity contribution in [3.63, 3.8) is 0 Å². The highest BCUT2D eigenvalue weighted by atomic mass is 19.4. The van der Waals surface area contributed by atoms with E-state index in [1.54, 1.807) is 0 Å². The molecule has 0 fully saturated rings. The molecule has 0 aliphatic heterocycles. The van der Waals surface area contributed by atoms with Gasteiger partial charge in [-0.05, 0) is 26.0 Å². The van der Waals surface area contributed by atoms with E-state index in [1.807, 2.05) is 0 Å². The lowest BCUT2D eigenvalue weighted by atomic mass is 10.00. The van der Waals surface area contributed by atoms with Crippen molar-refractivity contribution >= 4 is 11.7 Å². The van der Waals surface area contributed by atoms with E-state index in [1.165, 1.54) is 13.8 Å². The number of anilines is 1. The first-order valence-corrected chi connectivity index (χ1v) is 5.63. The van der Waals surface area contributed by atoms with E-state index in [4.69, 9.17) is 5.73 Å². The minimum absolute atomic E-state index is 0.163. The Morgan fingerprint density at radius 3 is 1.86 bits per heavy atom. The Morgan fingerprint density at radius 2 is 1.48 bits per heavy atom. The van der Waals surface area contributed by atoms with Crippen LogP contribution in [0, 0.1) is 0 Å². The number of nitrogens with two attached hydrogens (primary N) is 1. The van der Waals surface area contributed by atoms with Crippen LogP contribution in [0.25, 0.3) is 0 Å². The quantitative estimate of drug-likeness (QED) is 0.512. The molecule has 1 aromatic carbocycles. The second kappa shape index (κ2) is 5.45. The summed E-state index contributed by atoms with van der Waals surface area (Å²) >= 11 is 0. The monoisotopic (exact) mass is 315 g/mol. The van der Waals surface area contributed by atoms with Crippen LogP contribution >= 0.6 is 0 Å². The fraction of sp³-hybridized carbons (Fsp3) is 0.417. The third-order valence-electron chi connectivity index (χ3n) is 2.40. The highest BCUT2D eigenvalue weighted by Crippen LogP contribution is 2.41. The molecule has 0 bridgehead atoms. The molecule has 0 aliphatic carbocycles. The third-order valence-corrected chi connectivity index (χ3v) is 2.40. The van der Waals surface area contributed by atoms with Gasteiger partial charge in [0, 0.05) is 0 Å². The number of ether oxygens (including phenoxy) is 1. The summed E-state index contributed by atoms with van der Waals surface area (Å²) in [6, 6.07) is 0.348. The predicted octanol–water partition coefficient (Wildman–Crippen LogP) is 3.87. The Bertz CT molecular complexity index is 548. The Labute approximate surface area is 115 Å². The highest BCUT2D eigenvalue weighted by Gasteiger charge is 2.41. The van der Waals surface area contributed by atoms with E-state index < -0.39 is 46.8 Å². The van der Waals surface area contributed by atoms with Crippen molar-refractivity contribution in [2.45, 2.75) is 32.3 Å². The van der Waals surface area contributed by atoms with E-state index in [0.29, 0.717) is 0 Å². The van der Waals surface area contributed by atoms with Crippen LogP contribution in [0.2, 0.25) is 0 Å². The molecule has 1 rings (SSSR count). The zero-order chi connectivity index (χ0) is 16.6. The Kier molecular flexibility index (Phi) is 4.45. The lowest BCUT2D eigenvalue weighted by molar-refractivity contribution is -0.141. The standard InChI is InChI=1S/C12H11F6NO2/c1-5(2)21-10(20)8-6(11(13,14)15)3-4-7(9(8)19)12(16,17)18/h3-5H,19H2,1-2H3. The summed E-state index contributed by atoms with van der Waals surface area (Å²) in [5.41, 5.74) is -0.601. The zero-order valence-corrected chi connectivity index (χ0v) is 10.9. The number of esters is 1. The topological polar surface area (TPSA) is 52.3 Å². The number of carbonyl (C=O) groups is 1.